The predicted octanol–water partition coefficient (Wildman–Crippen LogP) is 7.84. The first-order chi connectivity index (χ1) is 14.0. The molecule has 3 aromatic carbocycles. The van der Waals surface area contributed by atoms with Crippen molar-refractivity contribution < 1.29 is 0 Å². The highest BCUT2D eigenvalue weighted by atomic mass is 35.5. The number of pyridine rings is 1. The van der Waals surface area contributed by atoms with Gasteiger partial charge in [0.1, 0.15) is 0 Å². The van der Waals surface area contributed by atoms with Gasteiger partial charge in [0.15, 0.2) is 0 Å². The average Bonchev–Trinajstić information content (AvgIpc) is 2.74. The summed E-state index contributed by atoms with van der Waals surface area (Å²) in [5, 5.41) is 2.04. The molecule has 0 N–H and O–H groups in total. The van der Waals surface area contributed by atoms with Gasteiger partial charge >= 0.3 is 0 Å². The summed E-state index contributed by atoms with van der Waals surface area (Å²) >= 11 is 5.71. The zero-order valence-electron chi connectivity index (χ0n) is 17.0. The SMILES string of the molecule is C=C(CCc1ccccc1)c1cc(C)nc2ccccc12.Cc1ccccc1Cl. The van der Waals surface area contributed by atoms with Crippen LogP contribution in [0, 0.1) is 13.8 Å². The zero-order valence-corrected chi connectivity index (χ0v) is 17.8. The lowest BCUT2D eigenvalue weighted by Crippen LogP contribution is -1.93. The predicted molar refractivity (Wildman–Crippen MR) is 126 cm³/mol. The van der Waals surface area contributed by atoms with Gasteiger partial charge in [-0.3, -0.25) is 4.98 Å². The Morgan fingerprint density at radius 2 is 1.52 bits per heavy atom. The van der Waals surface area contributed by atoms with Crippen LogP contribution in [0.3, 0.4) is 0 Å². The molecule has 0 saturated carbocycles. The third-order valence-corrected chi connectivity index (χ3v) is 5.28. The van der Waals surface area contributed by atoms with Crippen molar-refractivity contribution >= 4 is 28.1 Å². The van der Waals surface area contributed by atoms with Crippen LogP contribution in [-0.4, -0.2) is 4.98 Å². The highest BCUT2D eigenvalue weighted by Crippen LogP contribution is 2.27. The van der Waals surface area contributed by atoms with Crippen molar-refractivity contribution in [3.05, 3.63) is 119 Å². The second-order valence-electron chi connectivity index (χ2n) is 7.17. The van der Waals surface area contributed by atoms with E-state index in [-0.39, 0.29) is 0 Å². The van der Waals surface area contributed by atoms with Gasteiger partial charge in [0, 0.05) is 16.1 Å². The van der Waals surface area contributed by atoms with Gasteiger partial charge in [0.05, 0.1) is 5.52 Å². The molecule has 1 nitrogen and oxygen atoms in total. The van der Waals surface area contributed by atoms with Gasteiger partial charge in [-0.2, -0.15) is 0 Å². The topological polar surface area (TPSA) is 12.9 Å². The summed E-state index contributed by atoms with van der Waals surface area (Å²) in [4.78, 5) is 4.60. The molecular weight excluding hydrogens is 374 g/mol. The first-order valence-electron chi connectivity index (χ1n) is 9.84. The minimum absolute atomic E-state index is 0.840. The highest BCUT2D eigenvalue weighted by Gasteiger charge is 2.07. The van der Waals surface area contributed by atoms with Crippen LogP contribution < -0.4 is 0 Å². The third kappa shape index (κ3) is 5.79. The van der Waals surface area contributed by atoms with E-state index in [1.807, 2.05) is 44.2 Å². The number of halogens is 1. The molecule has 146 valence electrons. The maximum absolute atomic E-state index is 5.71. The van der Waals surface area contributed by atoms with Crippen molar-refractivity contribution in [3.8, 4) is 0 Å². The van der Waals surface area contributed by atoms with E-state index in [9.17, 15) is 0 Å². The normalized spacial score (nSPS) is 10.3. The molecule has 0 aliphatic rings. The van der Waals surface area contributed by atoms with E-state index in [4.69, 9.17) is 11.6 Å². The van der Waals surface area contributed by atoms with Gasteiger partial charge in [0.25, 0.3) is 0 Å². The second-order valence-corrected chi connectivity index (χ2v) is 7.57. The summed E-state index contributed by atoms with van der Waals surface area (Å²) in [6, 6.07) is 28.8. The molecule has 0 bridgehead atoms. The molecule has 0 saturated heterocycles. The minimum Gasteiger partial charge on any atom is -0.253 e. The largest absolute Gasteiger partial charge is 0.253 e. The summed E-state index contributed by atoms with van der Waals surface area (Å²) in [6.45, 7) is 8.33. The Morgan fingerprint density at radius 3 is 2.21 bits per heavy atom. The fourth-order valence-electron chi connectivity index (χ4n) is 3.23. The van der Waals surface area contributed by atoms with E-state index in [0.717, 1.165) is 34.6 Å². The molecular formula is C27H26ClN. The van der Waals surface area contributed by atoms with Crippen LogP contribution in [0.4, 0.5) is 0 Å². The van der Waals surface area contributed by atoms with Crippen LogP contribution >= 0.6 is 11.6 Å². The van der Waals surface area contributed by atoms with Gasteiger partial charge in [-0.25, -0.2) is 0 Å². The Kier molecular flexibility index (Phi) is 7.21. The summed E-state index contributed by atoms with van der Waals surface area (Å²) in [7, 11) is 0. The van der Waals surface area contributed by atoms with Crippen molar-refractivity contribution in [2.24, 2.45) is 0 Å². The lowest BCUT2D eigenvalue weighted by atomic mass is 9.96. The zero-order chi connectivity index (χ0) is 20.6. The van der Waals surface area contributed by atoms with Gasteiger partial charge in [-0.15, -0.1) is 0 Å². The van der Waals surface area contributed by atoms with Crippen molar-refractivity contribution in [2.75, 3.05) is 0 Å². The Balaban J connectivity index is 0.000000252. The number of hydrogen-bond donors (Lipinski definition) is 0. The smallest absolute Gasteiger partial charge is 0.0711 e. The van der Waals surface area contributed by atoms with Gasteiger partial charge in [-0.05, 0) is 67.2 Å². The summed E-state index contributed by atoms with van der Waals surface area (Å²) in [5.74, 6) is 0. The van der Waals surface area contributed by atoms with E-state index in [1.165, 1.54) is 22.1 Å². The number of nitrogens with zero attached hydrogens (tertiary/aromatic N) is 1. The summed E-state index contributed by atoms with van der Waals surface area (Å²) in [5.41, 5.74) is 7.00. The summed E-state index contributed by atoms with van der Waals surface area (Å²) in [6.07, 6.45) is 1.99. The number of hydrogen-bond acceptors (Lipinski definition) is 1. The molecule has 0 aliphatic heterocycles. The molecule has 1 aromatic heterocycles. The van der Waals surface area contributed by atoms with Crippen molar-refractivity contribution in [3.63, 3.8) is 0 Å². The number of aromatic nitrogens is 1. The molecule has 0 unspecified atom stereocenters. The molecule has 29 heavy (non-hydrogen) atoms. The Morgan fingerprint density at radius 1 is 0.862 bits per heavy atom. The van der Waals surface area contributed by atoms with Crippen LogP contribution in [0.15, 0.2) is 91.5 Å². The average molecular weight is 400 g/mol. The Labute approximate surface area is 178 Å². The monoisotopic (exact) mass is 399 g/mol. The number of allylic oxidation sites excluding steroid dienone is 1. The standard InChI is InChI=1S/C20H19N.C7H7Cl/c1-15(12-13-17-8-4-3-5-9-17)19-14-16(2)21-20-11-7-6-10-18(19)20;1-6-4-2-3-5-7(6)8/h3-11,14H,1,12-13H2,2H3;2-5H,1H3. The number of para-hydroxylation sites is 1. The maximum atomic E-state index is 5.71. The molecule has 0 spiro atoms. The maximum Gasteiger partial charge on any atom is 0.0711 e. The molecule has 0 amide bonds. The Hall–Kier alpha value is -2.90. The Bertz CT molecular complexity index is 1080. The van der Waals surface area contributed by atoms with Crippen LogP contribution in [-0.2, 0) is 6.42 Å². The minimum atomic E-state index is 0.840. The number of fused-ring (bicyclic) bond motifs is 1. The van der Waals surface area contributed by atoms with Crippen LogP contribution in [0.5, 0.6) is 0 Å². The van der Waals surface area contributed by atoms with Gasteiger partial charge in [-0.1, -0.05) is 84.9 Å². The van der Waals surface area contributed by atoms with Crippen LogP contribution in [0.1, 0.15) is 28.8 Å². The second kappa shape index (κ2) is 10.0. The highest BCUT2D eigenvalue weighted by molar-refractivity contribution is 6.31. The molecule has 0 aliphatic carbocycles. The molecule has 0 fully saturated rings. The molecule has 2 heteroatoms. The lowest BCUT2D eigenvalue weighted by Gasteiger charge is -2.11. The molecule has 0 atom stereocenters. The third-order valence-electron chi connectivity index (χ3n) is 4.86. The van der Waals surface area contributed by atoms with Gasteiger partial charge in [0.2, 0.25) is 0 Å². The molecule has 4 rings (SSSR count). The fraction of sp³-hybridized carbons (Fsp3) is 0.148. The van der Waals surface area contributed by atoms with E-state index < -0.39 is 0 Å². The van der Waals surface area contributed by atoms with Crippen molar-refractivity contribution in [2.45, 2.75) is 26.7 Å². The van der Waals surface area contributed by atoms with E-state index in [2.05, 4.69) is 66.2 Å². The van der Waals surface area contributed by atoms with Crippen LogP contribution in [0.2, 0.25) is 5.02 Å². The lowest BCUT2D eigenvalue weighted by molar-refractivity contribution is 1.02. The van der Waals surface area contributed by atoms with Crippen molar-refractivity contribution in [1.29, 1.82) is 0 Å². The first kappa shape index (κ1) is 20.8. The number of benzene rings is 3. The first-order valence-corrected chi connectivity index (χ1v) is 10.2. The molecule has 0 radical (unpaired) electrons. The fourth-order valence-corrected chi connectivity index (χ4v) is 3.36. The quantitative estimate of drug-likeness (QED) is 0.340. The van der Waals surface area contributed by atoms with E-state index in [0.29, 0.717) is 0 Å². The molecule has 1 heterocycles. The van der Waals surface area contributed by atoms with Gasteiger partial charge < -0.3 is 0 Å². The van der Waals surface area contributed by atoms with E-state index in [1.54, 1.807) is 0 Å². The van der Waals surface area contributed by atoms with Crippen LogP contribution in [0.25, 0.3) is 16.5 Å². The summed E-state index contributed by atoms with van der Waals surface area (Å²) < 4.78 is 0. The van der Waals surface area contributed by atoms with Crippen molar-refractivity contribution in [1.82, 2.24) is 4.98 Å². The molecule has 4 aromatic rings. The number of aryl methyl sites for hydroxylation is 3. The van der Waals surface area contributed by atoms with E-state index >= 15 is 0 Å². The number of rotatable bonds is 4.